The van der Waals surface area contributed by atoms with Crippen molar-refractivity contribution in [1.82, 2.24) is 0 Å². The molecule has 0 aliphatic heterocycles. The number of allylic oxidation sites excluding steroid dienone is 2. The van der Waals surface area contributed by atoms with Crippen LogP contribution in [0.3, 0.4) is 0 Å². The van der Waals surface area contributed by atoms with Gasteiger partial charge in [0.2, 0.25) is 0 Å². The summed E-state index contributed by atoms with van der Waals surface area (Å²) in [7, 11) is 0. The van der Waals surface area contributed by atoms with Gasteiger partial charge in [-0.3, -0.25) is 0 Å². The van der Waals surface area contributed by atoms with E-state index in [2.05, 4.69) is 86.5 Å². The summed E-state index contributed by atoms with van der Waals surface area (Å²) in [6.07, 6.45) is 8.29. The average Bonchev–Trinajstić information content (AvgIpc) is 2.65. The minimum absolute atomic E-state index is 0.310. The molecule has 26 heavy (non-hydrogen) atoms. The second-order valence-electron chi connectivity index (χ2n) is 6.85. The second kappa shape index (κ2) is 10.3. The van der Waals surface area contributed by atoms with Crippen LogP contribution in [0, 0.1) is 11.8 Å². The first-order valence-electron chi connectivity index (χ1n) is 9.18. The molecule has 0 heterocycles. The highest BCUT2D eigenvalue weighted by Gasteiger charge is 2.04. The van der Waals surface area contributed by atoms with Crippen molar-refractivity contribution in [3.63, 3.8) is 0 Å². The van der Waals surface area contributed by atoms with Crippen LogP contribution in [0.1, 0.15) is 38.8 Å². The van der Waals surface area contributed by atoms with Crippen LogP contribution < -0.4 is 0 Å². The molecular formula is C24H28N2. The van der Waals surface area contributed by atoms with Crippen LogP contribution in [-0.4, -0.2) is 11.4 Å². The van der Waals surface area contributed by atoms with Crippen molar-refractivity contribution in [1.29, 1.82) is 0 Å². The highest BCUT2D eigenvalue weighted by Crippen LogP contribution is 2.09. The van der Waals surface area contributed by atoms with E-state index in [-0.39, 0.29) is 0 Å². The molecule has 0 aliphatic rings. The number of hydrogen-bond donors (Lipinski definition) is 0. The zero-order valence-corrected chi connectivity index (χ0v) is 16.1. The molecule has 0 fully saturated rings. The van der Waals surface area contributed by atoms with Gasteiger partial charge in [0.1, 0.15) is 0 Å². The number of rotatable bonds is 7. The van der Waals surface area contributed by atoms with Gasteiger partial charge in [-0.15, -0.1) is 0 Å². The molecule has 0 aliphatic carbocycles. The molecule has 2 nitrogen and oxygen atoms in total. The molecule has 0 bridgehead atoms. The molecule has 134 valence electrons. The zero-order valence-electron chi connectivity index (χ0n) is 16.1. The van der Waals surface area contributed by atoms with Gasteiger partial charge in [0.15, 0.2) is 0 Å². The van der Waals surface area contributed by atoms with E-state index in [0.29, 0.717) is 11.8 Å². The third-order valence-corrected chi connectivity index (χ3v) is 3.96. The highest BCUT2D eigenvalue weighted by atomic mass is 15.2. The lowest BCUT2D eigenvalue weighted by Gasteiger charge is -2.06. The fourth-order valence-corrected chi connectivity index (χ4v) is 2.29. The van der Waals surface area contributed by atoms with Gasteiger partial charge in [-0.1, -0.05) is 101 Å². The molecule has 0 saturated heterocycles. The van der Waals surface area contributed by atoms with E-state index in [0.717, 1.165) is 22.6 Å². The van der Waals surface area contributed by atoms with Crippen LogP contribution in [0.2, 0.25) is 0 Å². The second-order valence-corrected chi connectivity index (χ2v) is 6.85. The van der Waals surface area contributed by atoms with Crippen LogP contribution in [0.25, 0.3) is 12.2 Å². The Morgan fingerprint density at radius 2 is 0.962 bits per heavy atom. The molecule has 0 spiro atoms. The van der Waals surface area contributed by atoms with Crippen molar-refractivity contribution in [2.45, 2.75) is 27.7 Å². The third-order valence-electron chi connectivity index (χ3n) is 3.96. The Hall–Kier alpha value is -2.74. The molecule has 0 aromatic heterocycles. The fraction of sp³-hybridized carbons (Fsp3) is 0.250. The molecule has 0 amide bonds. The van der Waals surface area contributed by atoms with Gasteiger partial charge >= 0.3 is 0 Å². The predicted octanol–water partition coefficient (Wildman–Crippen LogP) is 6.52. The Morgan fingerprint density at radius 1 is 0.615 bits per heavy atom. The van der Waals surface area contributed by atoms with Gasteiger partial charge in [-0.05, 0) is 35.1 Å². The molecule has 2 rings (SSSR count). The lowest BCUT2D eigenvalue weighted by Crippen LogP contribution is -2.06. The van der Waals surface area contributed by atoms with Gasteiger partial charge in [-0.2, -0.15) is 10.2 Å². The monoisotopic (exact) mass is 344 g/mol. The van der Waals surface area contributed by atoms with E-state index >= 15 is 0 Å². The van der Waals surface area contributed by atoms with Crippen molar-refractivity contribution >= 4 is 23.6 Å². The summed E-state index contributed by atoms with van der Waals surface area (Å²) >= 11 is 0. The van der Waals surface area contributed by atoms with E-state index < -0.39 is 0 Å². The maximum atomic E-state index is 4.54. The smallest absolute Gasteiger partial charge is 0.0656 e. The van der Waals surface area contributed by atoms with Gasteiger partial charge in [-0.25, -0.2) is 0 Å². The minimum atomic E-state index is 0.310. The molecule has 0 unspecified atom stereocenters. The zero-order chi connectivity index (χ0) is 18.8. The number of nitrogens with zero attached hydrogens (tertiary/aromatic N) is 2. The maximum absolute atomic E-state index is 4.54. The largest absolute Gasteiger partial charge is 0.155 e. The van der Waals surface area contributed by atoms with E-state index in [1.165, 1.54) is 0 Å². The average molecular weight is 345 g/mol. The summed E-state index contributed by atoms with van der Waals surface area (Å²) < 4.78 is 0. The Bertz CT molecular complexity index is 710. The van der Waals surface area contributed by atoms with Gasteiger partial charge in [0.25, 0.3) is 0 Å². The Labute approximate surface area is 157 Å². The van der Waals surface area contributed by atoms with Gasteiger partial charge < -0.3 is 0 Å². The van der Waals surface area contributed by atoms with Crippen molar-refractivity contribution < 1.29 is 0 Å². The summed E-state index contributed by atoms with van der Waals surface area (Å²) in [5.74, 6) is 0.621. The third kappa shape index (κ3) is 6.64. The standard InChI is InChI=1S/C24H28N2/c1-19(2)23(17-15-21-11-7-5-8-12-21)25-26-24(20(3)4)18-16-22-13-9-6-10-14-22/h5-20H,1-4H3/b17-15+,18-16+,25-23-,26-24-. The van der Waals surface area contributed by atoms with Crippen LogP contribution in [0.4, 0.5) is 0 Å². The SMILES string of the molecule is CC(C)C(/C=C/c1ccccc1)=N\N=C(\C=C\c1ccccc1)C(C)C. The molecule has 0 radical (unpaired) electrons. The topological polar surface area (TPSA) is 24.7 Å². The Kier molecular flexibility index (Phi) is 7.75. The van der Waals surface area contributed by atoms with Crippen LogP contribution in [0.5, 0.6) is 0 Å². The molecule has 0 N–H and O–H groups in total. The van der Waals surface area contributed by atoms with Crippen molar-refractivity contribution in [3.05, 3.63) is 83.9 Å². The van der Waals surface area contributed by atoms with Crippen molar-refractivity contribution in [2.75, 3.05) is 0 Å². The van der Waals surface area contributed by atoms with Crippen LogP contribution in [-0.2, 0) is 0 Å². The quantitative estimate of drug-likeness (QED) is 0.403. The maximum Gasteiger partial charge on any atom is 0.0656 e. The predicted molar refractivity (Wildman–Crippen MR) is 115 cm³/mol. The molecular weight excluding hydrogens is 316 g/mol. The van der Waals surface area contributed by atoms with Crippen LogP contribution in [0.15, 0.2) is 83.0 Å². The van der Waals surface area contributed by atoms with Crippen LogP contribution >= 0.6 is 0 Å². The fourth-order valence-electron chi connectivity index (χ4n) is 2.29. The Balaban J connectivity index is 2.22. The number of hydrogen-bond acceptors (Lipinski definition) is 2. The van der Waals surface area contributed by atoms with E-state index in [4.69, 9.17) is 0 Å². The molecule has 0 saturated carbocycles. The van der Waals surface area contributed by atoms with E-state index in [1.54, 1.807) is 0 Å². The summed E-state index contributed by atoms with van der Waals surface area (Å²) in [5, 5.41) is 9.08. The summed E-state index contributed by atoms with van der Waals surface area (Å²) in [4.78, 5) is 0. The molecule has 2 aromatic rings. The first kappa shape index (κ1) is 19.6. The summed E-state index contributed by atoms with van der Waals surface area (Å²) in [6, 6.07) is 20.5. The van der Waals surface area contributed by atoms with Gasteiger partial charge in [0.05, 0.1) is 11.4 Å². The molecule has 2 aromatic carbocycles. The van der Waals surface area contributed by atoms with Crippen molar-refractivity contribution in [3.8, 4) is 0 Å². The lowest BCUT2D eigenvalue weighted by molar-refractivity contribution is 0.864. The molecule has 0 atom stereocenters. The van der Waals surface area contributed by atoms with Crippen molar-refractivity contribution in [2.24, 2.45) is 22.0 Å². The minimum Gasteiger partial charge on any atom is -0.155 e. The number of benzene rings is 2. The lowest BCUT2D eigenvalue weighted by atomic mass is 10.1. The first-order chi connectivity index (χ1) is 12.6. The Morgan fingerprint density at radius 3 is 1.27 bits per heavy atom. The van der Waals surface area contributed by atoms with E-state index in [1.807, 2.05) is 36.4 Å². The summed E-state index contributed by atoms with van der Waals surface area (Å²) in [5.41, 5.74) is 4.27. The summed E-state index contributed by atoms with van der Waals surface area (Å²) in [6.45, 7) is 8.55. The normalized spacial score (nSPS) is 13.5. The highest BCUT2D eigenvalue weighted by molar-refractivity contribution is 6.02. The van der Waals surface area contributed by atoms with Gasteiger partial charge in [0, 0.05) is 0 Å². The van der Waals surface area contributed by atoms with E-state index in [9.17, 15) is 0 Å². The first-order valence-corrected chi connectivity index (χ1v) is 9.18. The molecule has 2 heteroatoms.